The second kappa shape index (κ2) is 5.74. The van der Waals surface area contributed by atoms with E-state index in [0.717, 1.165) is 37.1 Å². The largest absolute Gasteiger partial charge is 0.314 e. The van der Waals surface area contributed by atoms with Crippen LogP contribution in [0.4, 0.5) is 5.69 Å². The van der Waals surface area contributed by atoms with Crippen molar-refractivity contribution < 1.29 is 8.42 Å². The van der Waals surface area contributed by atoms with Crippen LogP contribution < -0.4 is 9.62 Å². The molecule has 0 radical (unpaired) electrons. The maximum Gasteiger partial charge on any atom is 0.235 e. The number of nitrogens with zero attached hydrogens (tertiary/aromatic N) is 1. The molecule has 110 valence electrons. The topological polar surface area (TPSA) is 49.4 Å². The zero-order valence-corrected chi connectivity index (χ0v) is 12.5. The molecule has 0 bridgehead atoms. The van der Waals surface area contributed by atoms with Gasteiger partial charge in [0.2, 0.25) is 10.0 Å². The summed E-state index contributed by atoms with van der Waals surface area (Å²) in [6, 6.07) is 8.19. The Kier molecular flexibility index (Phi) is 3.98. The summed E-state index contributed by atoms with van der Waals surface area (Å²) in [6.45, 7) is 1.62. The maximum absolute atomic E-state index is 12.5. The van der Waals surface area contributed by atoms with Gasteiger partial charge in [-0.1, -0.05) is 24.6 Å². The van der Waals surface area contributed by atoms with Crippen LogP contribution in [0.25, 0.3) is 0 Å². The molecule has 2 aliphatic rings. The van der Waals surface area contributed by atoms with Crippen molar-refractivity contribution in [3.8, 4) is 0 Å². The monoisotopic (exact) mass is 294 g/mol. The fourth-order valence-electron chi connectivity index (χ4n) is 3.17. The zero-order valence-electron chi connectivity index (χ0n) is 11.7. The van der Waals surface area contributed by atoms with Crippen molar-refractivity contribution in [1.82, 2.24) is 5.32 Å². The molecule has 0 saturated carbocycles. The molecule has 1 fully saturated rings. The van der Waals surface area contributed by atoms with Crippen LogP contribution >= 0.6 is 0 Å². The zero-order chi connectivity index (χ0) is 14.0. The number of anilines is 1. The molecule has 1 aromatic carbocycles. The Balaban J connectivity index is 1.67. The summed E-state index contributed by atoms with van der Waals surface area (Å²) < 4.78 is 26.7. The highest BCUT2D eigenvalue weighted by atomic mass is 32.2. The van der Waals surface area contributed by atoms with E-state index in [1.165, 1.54) is 12.8 Å². The molecule has 1 unspecified atom stereocenters. The van der Waals surface area contributed by atoms with E-state index < -0.39 is 10.0 Å². The Morgan fingerprint density at radius 1 is 1.25 bits per heavy atom. The van der Waals surface area contributed by atoms with Crippen LogP contribution in [0.1, 0.15) is 31.2 Å². The van der Waals surface area contributed by atoms with E-state index in [2.05, 4.69) is 5.32 Å². The Bertz CT molecular complexity index is 565. The molecule has 1 N–H and O–H groups in total. The number of fused-ring (bicyclic) bond motifs is 1. The predicted octanol–water partition coefficient (Wildman–Crippen LogP) is 1.91. The first kappa shape index (κ1) is 13.9. The minimum absolute atomic E-state index is 0.249. The quantitative estimate of drug-likeness (QED) is 0.923. The van der Waals surface area contributed by atoms with Gasteiger partial charge in [0.1, 0.15) is 0 Å². The molecule has 2 heterocycles. The van der Waals surface area contributed by atoms with Gasteiger partial charge in [-0.25, -0.2) is 8.42 Å². The number of rotatable bonds is 4. The van der Waals surface area contributed by atoms with Crippen molar-refractivity contribution in [2.75, 3.05) is 23.1 Å². The molecule has 0 amide bonds. The summed E-state index contributed by atoms with van der Waals surface area (Å²) in [4.78, 5) is 0. The van der Waals surface area contributed by atoms with Crippen LogP contribution in [0.2, 0.25) is 0 Å². The second-order valence-corrected chi connectivity index (χ2v) is 7.72. The first-order chi connectivity index (χ1) is 9.67. The lowest BCUT2D eigenvalue weighted by Crippen LogP contribution is -2.38. The van der Waals surface area contributed by atoms with Gasteiger partial charge in [0.25, 0.3) is 0 Å². The van der Waals surface area contributed by atoms with E-state index in [9.17, 15) is 8.42 Å². The minimum Gasteiger partial charge on any atom is -0.314 e. The predicted molar refractivity (Wildman–Crippen MR) is 81.5 cm³/mol. The fraction of sp³-hybridized carbons (Fsp3) is 0.600. The average molecular weight is 294 g/mol. The standard InChI is InChI=1S/C15H22N2O2S/c18-20(19,12-9-14-6-3-4-10-16-14)17-11-8-13-5-1-2-7-15(13)17/h1-2,5,7,14,16H,3-4,6,8-12H2. The highest BCUT2D eigenvalue weighted by Crippen LogP contribution is 2.30. The van der Waals surface area contributed by atoms with Gasteiger partial charge in [-0.15, -0.1) is 0 Å². The van der Waals surface area contributed by atoms with Gasteiger partial charge >= 0.3 is 0 Å². The molecule has 5 heteroatoms. The number of para-hydroxylation sites is 1. The smallest absolute Gasteiger partial charge is 0.235 e. The first-order valence-corrected chi connectivity index (χ1v) is 9.09. The summed E-state index contributed by atoms with van der Waals surface area (Å²) in [6.07, 6.45) is 5.08. The Labute approximate surface area is 121 Å². The third kappa shape index (κ3) is 2.83. The maximum atomic E-state index is 12.5. The van der Waals surface area contributed by atoms with Crippen molar-refractivity contribution >= 4 is 15.7 Å². The van der Waals surface area contributed by atoms with Crippen molar-refractivity contribution in [2.45, 2.75) is 38.1 Å². The minimum atomic E-state index is -3.18. The lowest BCUT2D eigenvalue weighted by Gasteiger charge is -2.25. The lowest BCUT2D eigenvalue weighted by molar-refractivity contribution is 0.392. The number of hydrogen-bond donors (Lipinski definition) is 1. The van der Waals surface area contributed by atoms with Crippen molar-refractivity contribution in [1.29, 1.82) is 0 Å². The van der Waals surface area contributed by atoms with Crippen LogP contribution in [0.5, 0.6) is 0 Å². The SMILES string of the molecule is O=S(=O)(CCC1CCCCN1)N1CCc2ccccc21. The number of nitrogens with one attached hydrogen (secondary N) is 1. The van der Waals surface area contributed by atoms with E-state index in [0.29, 0.717) is 12.6 Å². The number of sulfonamides is 1. The van der Waals surface area contributed by atoms with Gasteiger partial charge < -0.3 is 5.32 Å². The van der Waals surface area contributed by atoms with Crippen LogP contribution in [0.15, 0.2) is 24.3 Å². The molecule has 20 heavy (non-hydrogen) atoms. The molecule has 0 aliphatic carbocycles. The molecule has 1 aromatic rings. The normalized spacial score (nSPS) is 22.8. The third-order valence-corrected chi connectivity index (χ3v) is 6.12. The molecular weight excluding hydrogens is 272 g/mol. The van der Waals surface area contributed by atoms with E-state index in [-0.39, 0.29) is 5.75 Å². The molecule has 2 aliphatic heterocycles. The van der Waals surface area contributed by atoms with Crippen LogP contribution in [-0.4, -0.2) is 33.3 Å². The van der Waals surface area contributed by atoms with Crippen molar-refractivity contribution in [3.63, 3.8) is 0 Å². The average Bonchev–Trinajstić information content (AvgIpc) is 2.91. The highest BCUT2D eigenvalue weighted by Gasteiger charge is 2.29. The third-order valence-electron chi connectivity index (χ3n) is 4.32. The van der Waals surface area contributed by atoms with Gasteiger partial charge in [0.05, 0.1) is 11.4 Å². The van der Waals surface area contributed by atoms with E-state index in [4.69, 9.17) is 0 Å². The number of piperidine rings is 1. The van der Waals surface area contributed by atoms with Crippen LogP contribution in [-0.2, 0) is 16.4 Å². The fourth-order valence-corrected chi connectivity index (χ4v) is 4.82. The van der Waals surface area contributed by atoms with E-state index >= 15 is 0 Å². The van der Waals surface area contributed by atoms with Gasteiger partial charge in [-0.05, 0) is 43.9 Å². The van der Waals surface area contributed by atoms with E-state index in [1.54, 1.807) is 4.31 Å². The molecule has 3 rings (SSSR count). The van der Waals surface area contributed by atoms with Crippen molar-refractivity contribution in [3.05, 3.63) is 29.8 Å². The summed E-state index contributed by atoms with van der Waals surface area (Å²) in [7, 11) is -3.18. The Hall–Kier alpha value is -1.07. The molecular formula is C15H22N2O2S. The van der Waals surface area contributed by atoms with Gasteiger partial charge in [-0.3, -0.25) is 4.31 Å². The van der Waals surface area contributed by atoms with Crippen LogP contribution in [0, 0.1) is 0 Å². The molecule has 1 saturated heterocycles. The summed E-state index contributed by atoms with van der Waals surface area (Å²) >= 11 is 0. The van der Waals surface area contributed by atoms with Crippen molar-refractivity contribution in [2.24, 2.45) is 0 Å². The molecule has 1 atom stereocenters. The molecule has 0 aromatic heterocycles. The number of hydrogen-bond acceptors (Lipinski definition) is 3. The second-order valence-electron chi connectivity index (χ2n) is 5.70. The van der Waals surface area contributed by atoms with Gasteiger partial charge in [-0.2, -0.15) is 0 Å². The van der Waals surface area contributed by atoms with Gasteiger partial charge in [0, 0.05) is 12.6 Å². The highest BCUT2D eigenvalue weighted by molar-refractivity contribution is 7.92. The van der Waals surface area contributed by atoms with Gasteiger partial charge in [0.15, 0.2) is 0 Å². The summed E-state index contributed by atoms with van der Waals surface area (Å²) in [5.74, 6) is 0.249. The Morgan fingerprint density at radius 2 is 2.10 bits per heavy atom. The van der Waals surface area contributed by atoms with Crippen LogP contribution in [0.3, 0.4) is 0 Å². The lowest BCUT2D eigenvalue weighted by atomic mass is 10.0. The first-order valence-electron chi connectivity index (χ1n) is 7.48. The summed E-state index contributed by atoms with van der Waals surface area (Å²) in [5, 5.41) is 3.42. The molecule has 4 nitrogen and oxygen atoms in total. The number of benzene rings is 1. The molecule has 0 spiro atoms. The Morgan fingerprint density at radius 3 is 2.90 bits per heavy atom. The summed E-state index contributed by atoms with van der Waals surface area (Å²) in [5.41, 5.74) is 2.02. The van der Waals surface area contributed by atoms with E-state index in [1.807, 2.05) is 24.3 Å².